The molecule has 0 spiro atoms. The number of nitrogens with two attached hydrogens (primary N) is 1. The number of nitrogens with zero attached hydrogens (tertiary/aromatic N) is 1. The molecule has 1 unspecified atom stereocenters. The molecule has 1 aliphatic rings. The third-order valence-electron chi connectivity index (χ3n) is 3.19. The fourth-order valence-corrected chi connectivity index (χ4v) is 2.27. The van der Waals surface area contributed by atoms with Crippen molar-refractivity contribution in [1.29, 1.82) is 0 Å². The summed E-state index contributed by atoms with van der Waals surface area (Å²) in [6.07, 6.45) is 2.38. The fraction of sp³-hybridized carbons (Fsp3) is 0.571. The molecular formula is C14H22N2O. The van der Waals surface area contributed by atoms with Gasteiger partial charge in [0.15, 0.2) is 0 Å². The van der Waals surface area contributed by atoms with Crippen molar-refractivity contribution >= 4 is 5.69 Å². The molecule has 1 saturated heterocycles. The molecule has 0 aliphatic carbocycles. The van der Waals surface area contributed by atoms with Crippen LogP contribution in [0.15, 0.2) is 24.3 Å². The maximum Gasteiger partial charge on any atom is 0.0721 e. The van der Waals surface area contributed by atoms with E-state index in [1.54, 1.807) is 0 Å². The number of rotatable bonds is 3. The van der Waals surface area contributed by atoms with Gasteiger partial charge in [-0.3, -0.25) is 0 Å². The average molecular weight is 234 g/mol. The first-order valence-corrected chi connectivity index (χ1v) is 6.45. The summed E-state index contributed by atoms with van der Waals surface area (Å²) in [5, 5.41) is 0. The van der Waals surface area contributed by atoms with Gasteiger partial charge in [-0.1, -0.05) is 12.1 Å². The van der Waals surface area contributed by atoms with Gasteiger partial charge in [0.1, 0.15) is 0 Å². The quantitative estimate of drug-likeness (QED) is 0.866. The summed E-state index contributed by atoms with van der Waals surface area (Å²) in [6, 6.07) is 8.75. The summed E-state index contributed by atoms with van der Waals surface area (Å²) in [7, 11) is 0. The van der Waals surface area contributed by atoms with Crippen LogP contribution in [0.1, 0.15) is 18.9 Å². The summed E-state index contributed by atoms with van der Waals surface area (Å²) in [5.74, 6) is 0. The van der Waals surface area contributed by atoms with Gasteiger partial charge < -0.3 is 15.4 Å². The number of benzene rings is 1. The Morgan fingerprint density at radius 2 is 2.12 bits per heavy atom. The van der Waals surface area contributed by atoms with Crippen LogP contribution in [0.25, 0.3) is 0 Å². The van der Waals surface area contributed by atoms with Crippen molar-refractivity contribution < 1.29 is 4.74 Å². The van der Waals surface area contributed by atoms with Gasteiger partial charge in [-0.25, -0.2) is 0 Å². The van der Waals surface area contributed by atoms with Gasteiger partial charge in [-0.2, -0.15) is 0 Å². The average Bonchev–Trinajstić information content (AvgIpc) is 2.55. The van der Waals surface area contributed by atoms with E-state index in [9.17, 15) is 0 Å². The van der Waals surface area contributed by atoms with Crippen molar-refractivity contribution in [3.63, 3.8) is 0 Å². The lowest BCUT2D eigenvalue weighted by molar-refractivity contribution is 0.0821. The van der Waals surface area contributed by atoms with Crippen molar-refractivity contribution in [3.8, 4) is 0 Å². The Morgan fingerprint density at radius 3 is 2.82 bits per heavy atom. The summed E-state index contributed by atoms with van der Waals surface area (Å²) >= 11 is 0. The summed E-state index contributed by atoms with van der Waals surface area (Å²) < 4.78 is 5.66. The molecule has 0 saturated carbocycles. The summed E-state index contributed by atoms with van der Waals surface area (Å²) in [4.78, 5) is 2.41. The van der Waals surface area contributed by atoms with Gasteiger partial charge in [0, 0.05) is 25.4 Å². The first-order chi connectivity index (χ1) is 8.29. The highest BCUT2D eigenvalue weighted by Crippen LogP contribution is 2.18. The highest BCUT2D eigenvalue weighted by Gasteiger charge is 2.14. The van der Waals surface area contributed by atoms with Gasteiger partial charge in [-0.05, 0) is 44.0 Å². The first kappa shape index (κ1) is 12.4. The molecule has 3 heteroatoms. The lowest BCUT2D eigenvalue weighted by atomic mass is 10.1. The fourth-order valence-electron chi connectivity index (χ4n) is 2.27. The molecular weight excluding hydrogens is 212 g/mol. The van der Waals surface area contributed by atoms with Gasteiger partial charge in [0.25, 0.3) is 0 Å². The molecule has 0 bridgehead atoms. The number of anilines is 1. The largest absolute Gasteiger partial charge is 0.377 e. The Labute approximate surface area is 104 Å². The van der Waals surface area contributed by atoms with Crippen LogP contribution in [0.2, 0.25) is 0 Å². The second-order valence-electron chi connectivity index (χ2n) is 4.69. The molecule has 2 N–H and O–H groups in total. The Kier molecular flexibility index (Phi) is 4.40. The molecule has 1 aromatic rings. The van der Waals surface area contributed by atoms with Crippen LogP contribution in [0.5, 0.6) is 0 Å². The van der Waals surface area contributed by atoms with Crippen molar-refractivity contribution in [1.82, 2.24) is 0 Å². The minimum Gasteiger partial charge on any atom is -0.377 e. The van der Waals surface area contributed by atoms with Crippen LogP contribution in [0.3, 0.4) is 0 Å². The Bertz CT molecular complexity index is 337. The zero-order chi connectivity index (χ0) is 12.1. The molecule has 0 amide bonds. The Morgan fingerprint density at radius 1 is 1.35 bits per heavy atom. The van der Waals surface area contributed by atoms with Crippen molar-refractivity contribution in [3.05, 3.63) is 29.8 Å². The van der Waals surface area contributed by atoms with Crippen LogP contribution < -0.4 is 10.6 Å². The van der Waals surface area contributed by atoms with Crippen LogP contribution >= 0.6 is 0 Å². The smallest absolute Gasteiger partial charge is 0.0721 e. The molecule has 0 radical (unpaired) electrons. The van der Waals surface area contributed by atoms with Crippen molar-refractivity contribution in [2.24, 2.45) is 5.73 Å². The maximum atomic E-state index is 5.66. The number of hydrogen-bond acceptors (Lipinski definition) is 3. The van der Waals surface area contributed by atoms with Crippen LogP contribution in [-0.2, 0) is 11.2 Å². The standard InChI is InChI=1S/C14H22N2O/c1-12-11-16(9-2-10-17-12)14-5-3-13(4-6-14)7-8-15/h3-6,12H,2,7-11,15H2,1H3. The van der Waals surface area contributed by atoms with E-state index in [0.717, 1.165) is 32.5 Å². The van der Waals surface area contributed by atoms with Gasteiger partial charge in [0.05, 0.1) is 6.10 Å². The van der Waals surface area contributed by atoms with Crippen molar-refractivity contribution in [2.75, 3.05) is 31.1 Å². The van der Waals surface area contributed by atoms with E-state index in [4.69, 9.17) is 10.5 Å². The third-order valence-corrected chi connectivity index (χ3v) is 3.19. The zero-order valence-electron chi connectivity index (χ0n) is 10.6. The molecule has 3 nitrogen and oxygen atoms in total. The second-order valence-corrected chi connectivity index (χ2v) is 4.69. The lowest BCUT2D eigenvalue weighted by Crippen LogP contribution is -2.30. The number of hydrogen-bond donors (Lipinski definition) is 1. The van der Waals surface area contributed by atoms with E-state index in [1.807, 2.05) is 0 Å². The first-order valence-electron chi connectivity index (χ1n) is 6.45. The molecule has 1 aliphatic heterocycles. The third kappa shape index (κ3) is 3.45. The second kappa shape index (κ2) is 6.03. The van der Waals surface area contributed by atoms with E-state index in [1.165, 1.54) is 11.3 Å². The molecule has 1 heterocycles. The molecule has 1 atom stereocenters. The topological polar surface area (TPSA) is 38.5 Å². The summed E-state index contributed by atoms with van der Waals surface area (Å²) in [5.41, 5.74) is 8.16. The van der Waals surface area contributed by atoms with E-state index < -0.39 is 0 Å². The highest BCUT2D eigenvalue weighted by atomic mass is 16.5. The maximum absolute atomic E-state index is 5.66. The van der Waals surface area contributed by atoms with E-state index >= 15 is 0 Å². The van der Waals surface area contributed by atoms with E-state index in [0.29, 0.717) is 12.6 Å². The van der Waals surface area contributed by atoms with Gasteiger partial charge in [0.2, 0.25) is 0 Å². The predicted molar refractivity (Wildman–Crippen MR) is 71.4 cm³/mol. The minimum absolute atomic E-state index is 0.321. The van der Waals surface area contributed by atoms with E-state index in [-0.39, 0.29) is 0 Å². The van der Waals surface area contributed by atoms with E-state index in [2.05, 4.69) is 36.1 Å². The monoisotopic (exact) mass is 234 g/mol. The van der Waals surface area contributed by atoms with Crippen LogP contribution in [0.4, 0.5) is 5.69 Å². The normalized spacial score (nSPS) is 21.3. The Balaban J connectivity index is 2.04. The molecule has 2 rings (SSSR count). The zero-order valence-corrected chi connectivity index (χ0v) is 10.6. The SMILES string of the molecule is CC1CN(c2ccc(CCN)cc2)CCCO1. The molecule has 0 aromatic heterocycles. The molecule has 17 heavy (non-hydrogen) atoms. The lowest BCUT2D eigenvalue weighted by Gasteiger charge is -2.24. The summed E-state index contributed by atoms with van der Waals surface area (Å²) in [6.45, 7) is 5.80. The molecule has 1 aromatic carbocycles. The predicted octanol–water partition coefficient (Wildman–Crippen LogP) is 1.80. The van der Waals surface area contributed by atoms with Crippen LogP contribution in [-0.4, -0.2) is 32.3 Å². The Hall–Kier alpha value is -1.06. The van der Waals surface area contributed by atoms with Gasteiger partial charge >= 0.3 is 0 Å². The molecule has 1 fully saturated rings. The number of ether oxygens (including phenoxy) is 1. The minimum atomic E-state index is 0.321. The molecule has 94 valence electrons. The highest BCUT2D eigenvalue weighted by molar-refractivity contribution is 5.47. The van der Waals surface area contributed by atoms with Gasteiger partial charge in [-0.15, -0.1) is 0 Å². The van der Waals surface area contributed by atoms with Crippen LogP contribution in [0, 0.1) is 0 Å². The van der Waals surface area contributed by atoms with Crippen molar-refractivity contribution in [2.45, 2.75) is 25.9 Å².